The molecule has 0 radical (unpaired) electrons. The normalized spacial score (nSPS) is 35.0. The predicted molar refractivity (Wildman–Crippen MR) is 63.8 cm³/mol. The smallest absolute Gasteiger partial charge is 0.0568 e. The maximum Gasteiger partial charge on any atom is 0.0568 e. The zero-order valence-electron chi connectivity index (χ0n) is 9.96. The summed E-state index contributed by atoms with van der Waals surface area (Å²) in [6, 6.07) is 0. The summed E-state index contributed by atoms with van der Waals surface area (Å²) in [6.07, 6.45) is 14.8. The highest BCUT2D eigenvalue weighted by molar-refractivity contribution is 4.77. The first-order valence-corrected chi connectivity index (χ1v) is 7.04. The molecule has 1 N–H and O–H groups in total. The van der Waals surface area contributed by atoms with Gasteiger partial charge in [-0.1, -0.05) is 51.4 Å². The van der Waals surface area contributed by atoms with Crippen LogP contribution in [0.25, 0.3) is 0 Å². The molecule has 2 rings (SSSR count). The lowest BCUT2D eigenvalue weighted by Gasteiger charge is -2.28. The quantitative estimate of drug-likeness (QED) is 0.685. The first kappa shape index (κ1) is 11.4. The number of aliphatic hydroxyl groups is 1. The van der Waals surface area contributed by atoms with Crippen LogP contribution < -0.4 is 0 Å². The van der Waals surface area contributed by atoms with Crippen molar-refractivity contribution in [1.29, 1.82) is 0 Å². The van der Waals surface area contributed by atoms with Gasteiger partial charge in [0.1, 0.15) is 0 Å². The molecule has 2 aliphatic carbocycles. The molecule has 15 heavy (non-hydrogen) atoms. The van der Waals surface area contributed by atoms with E-state index in [0.717, 1.165) is 12.3 Å². The van der Waals surface area contributed by atoms with Gasteiger partial charge in [0.25, 0.3) is 0 Å². The Bertz CT molecular complexity index is 172. The highest BCUT2D eigenvalue weighted by Gasteiger charge is 2.25. The number of rotatable bonds is 2. The van der Waals surface area contributed by atoms with Gasteiger partial charge in [-0.25, -0.2) is 0 Å². The third-order valence-corrected chi connectivity index (χ3v) is 4.48. The summed E-state index contributed by atoms with van der Waals surface area (Å²) in [7, 11) is 0. The Hall–Kier alpha value is -0.0400. The van der Waals surface area contributed by atoms with Crippen LogP contribution in [0.4, 0.5) is 0 Å². The summed E-state index contributed by atoms with van der Waals surface area (Å²) in [6.45, 7) is 0. The summed E-state index contributed by atoms with van der Waals surface area (Å²) < 4.78 is 0. The van der Waals surface area contributed by atoms with Crippen molar-refractivity contribution in [2.24, 2.45) is 11.8 Å². The van der Waals surface area contributed by atoms with E-state index in [4.69, 9.17) is 0 Å². The molecule has 1 heteroatoms. The molecular weight excluding hydrogens is 184 g/mol. The van der Waals surface area contributed by atoms with Crippen molar-refractivity contribution in [2.75, 3.05) is 0 Å². The Balaban J connectivity index is 1.79. The van der Waals surface area contributed by atoms with Crippen LogP contribution in [0, 0.1) is 11.8 Å². The van der Waals surface area contributed by atoms with Crippen LogP contribution in [-0.2, 0) is 0 Å². The molecule has 0 aliphatic heterocycles. The van der Waals surface area contributed by atoms with Gasteiger partial charge in [0.2, 0.25) is 0 Å². The second kappa shape index (κ2) is 5.89. The lowest BCUT2D eigenvalue weighted by Crippen LogP contribution is -2.22. The highest BCUT2D eigenvalue weighted by Crippen LogP contribution is 2.34. The summed E-state index contributed by atoms with van der Waals surface area (Å²) in [5.74, 6) is 1.58. The third-order valence-electron chi connectivity index (χ3n) is 4.48. The fourth-order valence-electron chi connectivity index (χ4n) is 3.49. The highest BCUT2D eigenvalue weighted by atomic mass is 16.3. The van der Waals surface area contributed by atoms with Crippen LogP contribution in [0.3, 0.4) is 0 Å². The molecule has 0 spiro atoms. The monoisotopic (exact) mass is 210 g/mol. The molecule has 1 nitrogen and oxygen atoms in total. The minimum atomic E-state index is 0.0226. The zero-order valence-corrected chi connectivity index (χ0v) is 9.96. The molecule has 0 heterocycles. The fourth-order valence-corrected chi connectivity index (χ4v) is 3.49. The maximum absolute atomic E-state index is 10.1. The molecule has 0 aromatic rings. The van der Waals surface area contributed by atoms with Crippen LogP contribution in [-0.4, -0.2) is 11.2 Å². The Kier molecular flexibility index (Phi) is 4.49. The van der Waals surface area contributed by atoms with E-state index < -0.39 is 0 Å². The van der Waals surface area contributed by atoms with E-state index >= 15 is 0 Å². The molecule has 0 aromatic carbocycles. The van der Waals surface area contributed by atoms with Gasteiger partial charge >= 0.3 is 0 Å². The molecule has 0 amide bonds. The average molecular weight is 210 g/mol. The number of hydrogen-bond acceptors (Lipinski definition) is 1. The standard InChI is InChI=1S/C14H26O/c15-14-10-6-2-5-9-13(14)11-12-7-3-1-4-8-12/h12-15H,1-11H2. The van der Waals surface area contributed by atoms with Crippen molar-refractivity contribution in [3.05, 3.63) is 0 Å². The topological polar surface area (TPSA) is 20.2 Å². The van der Waals surface area contributed by atoms with E-state index in [0.29, 0.717) is 5.92 Å². The molecule has 2 atom stereocenters. The van der Waals surface area contributed by atoms with Gasteiger partial charge in [-0.2, -0.15) is 0 Å². The molecule has 0 saturated heterocycles. The van der Waals surface area contributed by atoms with E-state index in [1.165, 1.54) is 64.2 Å². The molecule has 0 aromatic heterocycles. The Morgan fingerprint density at radius 2 is 1.33 bits per heavy atom. The molecule has 2 fully saturated rings. The second-order valence-electron chi connectivity index (χ2n) is 5.71. The van der Waals surface area contributed by atoms with E-state index in [-0.39, 0.29) is 6.10 Å². The number of aliphatic hydroxyl groups excluding tert-OH is 1. The van der Waals surface area contributed by atoms with Crippen LogP contribution >= 0.6 is 0 Å². The molecule has 2 saturated carbocycles. The molecule has 88 valence electrons. The average Bonchev–Trinajstić information content (AvgIpc) is 2.46. The van der Waals surface area contributed by atoms with Crippen molar-refractivity contribution in [2.45, 2.75) is 76.7 Å². The lowest BCUT2D eigenvalue weighted by molar-refractivity contribution is 0.0808. The van der Waals surface area contributed by atoms with Crippen LogP contribution in [0.15, 0.2) is 0 Å². The molecular formula is C14H26O. The summed E-state index contributed by atoms with van der Waals surface area (Å²) in [4.78, 5) is 0. The van der Waals surface area contributed by atoms with Crippen molar-refractivity contribution in [1.82, 2.24) is 0 Å². The number of hydrogen-bond donors (Lipinski definition) is 1. The first-order chi connectivity index (χ1) is 7.36. The summed E-state index contributed by atoms with van der Waals surface area (Å²) >= 11 is 0. The van der Waals surface area contributed by atoms with E-state index in [1.54, 1.807) is 0 Å². The largest absolute Gasteiger partial charge is 0.393 e. The van der Waals surface area contributed by atoms with Gasteiger partial charge in [0.15, 0.2) is 0 Å². The molecule has 0 bridgehead atoms. The second-order valence-corrected chi connectivity index (χ2v) is 5.71. The summed E-state index contributed by atoms with van der Waals surface area (Å²) in [5.41, 5.74) is 0. The van der Waals surface area contributed by atoms with Crippen molar-refractivity contribution in [3.63, 3.8) is 0 Å². The van der Waals surface area contributed by atoms with Crippen LogP contribution in [0.2, 0.25) is 0 Å². The van der Waals surface area contributed by atoms with Gasteiger partial charge in [0, 0.05) is 0 Å². The zero-order chi connectivity index (χ0) is 10.5. The minimum Gasteiger partial charge on any atom is -0.393 e. The van der Waals surface area contributed by atoms with Crippen LogP contribution in [0.1, 0.15) is 70.6 Å². The minimum absolute atomic E-state index is 0.0226. The first-order valence-electron chi connectivity index (χ1n) is 7.04. The Morgan fingerprint density at radius 1 is 0.733 bits per heavy atom. The fraction of sp³-hybridized carbons (Fsp3) is 1.00. The van der Waals surface area contributed by atoms with Crippen molar-refractivity contribution < 1.29 is 5.11 Å². The van der Waals surface area contributed by atoms with Gasteiger partial charge < -0.3 is 5.11 Å². The van der Waals surface area contributed by atoms with Gasteiger partial charge in [-0.15, -0.1) is 0 Å². The molecule has 2 unspecified atom stereocenters. The lowest BCUT2D eigenvalue weighted by atomic mass is 9.80. The van der Waals surface area contributed by atoms with E-state index in [1.807, 2.05) is 0 Å². The van der Waals surface area contributed by atoms with E-state index in [2.05, 4.69) is 0 Å². The van der Waals surface area contributed by atoms with Gasteiger partial charge in [-0.05, 0) is 31.1 Å². The third kappa shape index (κ3) is 3.48. The maximum atomic E-state index is 10.1. The van der Waals surface area contributed by atoms with Crippen molar-refractivity contribution in [3.8, 4) is 0 Å². The van der Waals surface area contributed by atoms with Crippen molar-refractivity contribution >= 4 is 0 Å². The van der Waals surface area contributed by atoms with Crippen LogP contribution in [0.5, 0.6) is 0 Å². The SMILES string of the molecule is OC1CCCCCC1CC1CCCCC1. The van der Waals surface area contributed by atoms with Gasteiger partial charge in [-0.3, -0.25) is 0 Å². The predicted octanol–water partition coefficient (Wildman–Crippen LogP) is 3.90. The van der Waals surface area contributed by atoms with E-state index in [9.17, 15) is 5.11 Å². The molecule has 2 aliphatic rings. The Morgan fingerprint density at radius 3 is 2.07 bits per heavy atom. The Labute approximate surface area is 94.3 Å². The summed E-state index contributed by atoms with van der Waals surface area (Å²) in [5, 5.41) is 10.1. The van der Waals surface area contributed by atoms with Gasteiger partial charge in [0.05, 0.1) is 6.10 Å².